The third kappa shape index (κ3) is 4.57. The molecule has 3 heterocycles. The number of nitrogens with zero attached hydrogens (tertiary/aromatic N) is 3. The summed E-state index contributed by atoms with van der Waals surface area (Å²) in [4.78, 5) is 20.2. The first-order valence-electron chi connectivity index (χ1n) is 11.5. The summed E-state index contributed by atoms with van der Waals surface area (Å²) in [6, 6.07) is 17.1. The highest BCUT2D eigenvalue weighted by molar-refractivity contribution is 7.90. The van der Waals surface area contributed by atoms with Crippen LogP contribution in [0.4, 0.5) is 0 Å². The summed E-state index contributed by atoms with van der Waals surface area (Å²) in [5.41, 5.74) is 1.97. The lowest BCUT2D eigenvalue weighted by Gasteiger charge is -2.61. The van der Waals surface area contributed by atoms with Crippen LogP contribution >= 0.6 is 0 Å². The lowest BCUT2D eigenvalue weighted by Crippen LogP contribution is -2.78. The van der Waals surface area contributed by atoms with Crippen molar-refractivity contribution in [2.45, 2.75) is 42.0 Å². The number of benzene rings is 2. The van der Waals surface area contributed by atoms with Gasteiger partial charge in [-0.25, -0.2) is 8.42 Å². The minimum Gasteiger partial charge on any atom is -0.392 e. The van der Waals surface area contributed by atoms with Gasteiger partial charge in [-0.3, -0.25) is 14.6 Å². The molecule has 7 nitrogen and oxygen atoms in total. The zero-order valence-corrected chi connectivity index (χ0v) is 19.7. The van der Waals surface area contributed by atoms with Crippen molar-refractivity contribution in [3.8, 4) is 0 Å². The van der Waals surface area contributed by atoms with Gasteiger partial charge in [0.25, 0.3) is 0 Å². The van der Waals surface area contributed by atoms with Crippen LogP contribution in [-0.2, 0) is 27.6 Å². The van der Waals surface area contributed by atoms with Crippen LogP contribution in [0, 0.1) is 0 Å². The lowest BCUT2D eigenvalue weighted by atomic mass is 9.83. The quantitative estimate of drug-likeness (QED) is 0.708. The van der Waals surface area contributed by atoms with Gasteiger partial charge in [0.15, 0.2) is 9.84 Å². The van der Waals surface area contributed by atoms with Crippen molar-refractivity contribution < 1.29 is 18.3 Å². The molecule has 0 aromatic heterocycles. The van der Waals surface area contributed by atoms with Gasteiger partial charge in [0, 0.05) is 51.6 Å². The summed E-state index contributed by atoms with van der Waals surface area (Å²) in [7, 11) is -3.20. The third-order valence-electron chi connectivity index (χ3n) is 7.26. The molecule has 8 heteroatoms. The molecule has 0 aliphatic carbocycles. The molecule has 2 unspecified atom stereocenters. The Morgan fingerprint density at radius 1 is 1.00 bits per heavy atom. The summed E-state index contributed by atoms with van der Waals surface area (Å²) in [6.07, 6.45) is 2.00. The van der Waals surface area contributed by atoms with Crippen molar-refractivity contribution in [1.82, 2.24) is 14.7 Å². The van der Waals surface area contributed by atoms with Crippen LogP contribution in [0.5, 0.6) is 0 Å². The number of aliphatic hydroxyl groups excluding tert-OH is 1. The zero-order chi connectivity index (χ0) is 23.2. The number of hydrogen-bond donors (Lipinski definition) is 1. The Labute approximate surface area is 195 Å². The highest BCUT2D eigenvalue weighted by atomic mass is 32.2. The molecular formula is C25H31N3O4S. The second-order valence-corrected chi connectivity index (χ2v) is 11.9. The highest BCUT2D eigenvalue weighted by Crippen LogP contribution is 2.39. The molecule has 5 rings (SSSR count). The minimum absolute atomic E-state index is 0.126. The van der Waals surface area contributed by atoms with Crippen molar-refractivity contribution in [3.63, 3.8) is 0 Å². The fourth-order valence-corrected chi connectivity index (χ4v) is 6.39. The van der Waals surface area contributed by atoms with E-state index in [9.17, 15) is 18.3 Å². The summed E-state index contributed by atoms with van der Waals surface area (Å²) in [5.74, 6) is 0.149. The first-order chi connectivity index (χ1) is 15.7. The standard InChI is InChI=1S/C25H31N3O4S/c1-33(31,32)23-9-7-20(8-10-23)13-26-16-25(17-26)18-27(14-21-12-22(29)15-28(21)25)24(30)11-19-5-3-2-4-6-19/h2-10,21-22,29H,11-18H2,1H3. The van der Waals surface area contributed by atoms with Gasteiger partial charge in [-0.05, 0) is 29.7 Å². The average molecular weight is 470 g/mol. The maximum absolute atomic E-state index is 13.1. The Hall–Kier alpha value is -2.26. The van der Waals surface area contributed by atoms with Gasteiger partial charge in [0.2, 0.25) is 5.91 Å². The van der Waals surface area contributed by atoms with Crippen LogP contribution in [0.15, 0.2) is 59.5 Å². The summed E-state index contributed by atoms with van der Waals surface area (Å²) in [5, 5.41) is 10.4. The first kappa shape index (κ1) is 22.5. The fraction of sp³-hybridized carbons (Fsp3) is 0.480. The maximum Gasteiger partial charge on any atom is 0.227 e. The number of hydrogen-bond acceptors (Lipinski definition) is 6. The van der Waals surface area contributed by atoms with Crippen LogP contribution < -0.4 is 0 Å². The van der Waals surface area contributed by atoms with E-state index in [2.05, 4.69) is 9.80 Å². The van der Waals surface area contributed by atoms with Crippen molar-refractivity contribution in [3.05, 3.63) is 65.7 Å². The number of carbonyl (C=O) groups excluding carboxylic acids is 1. The molecule has 0 radical (unpaired) electrons. The molecule has 0 saturated carbocycles. The van der Waals surface area contributed by atoms with Gasteiger partial charge >= 0.3 is 0 Å². The van der Waals surface area contributed by atoms with Gasteiger partial charge in [-0.15, -0.1) is 0 Å². The van der Waals surface area contributed by atoms with E-state index in [1.165, 1.54) is 6.26 Å². The molecule has 176 valence electrons. The van der Waals surface area contributed by atoms with Gasteiger partial charge < -0.3 is 10.0 Å². The van der Waals surface area contributed by atoms with Crippen molar-refractivity contribution >= 4 is 15.7 Å². The Bertz CT molecular complexity index is 1110. The van der Waals surface area contributed by atoms with Crippen LogP contribution in [0.2, 0.25) is 0 Å². The number of likely N-dealkylation sites (tertiary alicyclic amines) is 1. The second-order valence-electron chi connectivity index (χ2n) is 9.92. The van der Waals surface area contributed by atoms with Crippen molar-refractivity contribution in [2.75, 3.05) is 39.0 Å². The molecule has 1 amide bonds. The number of fused-ring (bicyclic) bond motifs is 2. The Kier molecular flexibility index (Phi) is 5.81. The summed E-state index contributed by atoms with van der Waals surface area (Å²) >= 11 is 0. The fourth-order valence-electron chi connectivity index (χ4n) is 5.76. The van der Waals surface area contributed by atoms with Crippen molar-refractivity contribution in [1.29, 1.82) is 0 Å². The van der Waals surface area contributed by atoms with E-state index in [0.717, 1.165) is 30.8 Å². The number of β-amino-alcohol motifs (C(OH)–C–C–N with tert-alkyl or cyclic N) is 1. The van der Waals surface area contributed by atoms with E-state index in [-0.39, 0.29) is 23.6 Å². The number of carbonyl (C=O) groups is 1. The topological polar surface area (TPSA) is 81.2 Å². The molecule has 1 N–H and O–H groups in total. The highest BCUT2D eigenvalue weighted by Gasteiger charge is 2.56. The average Bonchev–Trinajstić information content (AvgIpc) is 3.13. The molecule has 1 spiro atoms. The van der Waals surface area contributed by atoms with E-state index >= 15 is 0 Å². The molecule has 0 bridgehead atoms. The van der Waals surface area contributed by atoms with Crippen molar-refractivity contribution in [2.24, 2.45) is 0 Å². The van der Waals surface area contributed by atoms with E-state index in [0.29, 0.717) is 37.4 Å². The van der Waals surface area contributed by atoms with Gasteiger partial charge in [-0.1, -0.05) is 42.5 Å². The van der Waals surface area contributed by atoms with Crippen LogP contribution in [0.3, 0.4) is 0 Å². The SMILES string of the molecule is CS(=O)(=O)c1ccc(CN2CC3(C2)CN(C(=O)Cc2ccccc2)CC2CC(O)CN23)cc1. The Balaban J connectivity index is 1.27. The number of amides is 1. The number of piperazine rings is 1. The van der Waals surface area contributed by atoms with Gasteiger partial charge in [0.1, 0.15) is 0 Å². The second kappa shape index (κ2) is 8.51. The Morgan fingerprint density at radius 2 is 1.70 bits per heavy atom. The van der Waals surface area contributed by atoms with Crippen LogP contribution in [-0.4, -0.2) is 90.8 Å². The van der Waals surface area contributed by atoms with Crippen LogP contribution in [0.1, 0.15) is 17.5 Å². The lowest BCUT2D eigenvalue weighted by molar-refractivity contribution is -0.150. The van der Waals surface area contributed by atoms with Gasteiger partial charge in [-0.2, -0.15) is 0 Å². The third-order valence-corrected chi connectivity index (χ3v) is 8.39. The minimum atomic E-state index is -3.20. The molecular weight excluding hydrogens is 438 g/mol. The van der Waals surface area contributed by atoms with E-state index in [4.69, 9.17) is 0 Å². The molecule has 33 heavy (non-hydrogen) atoms. The molecule has 2 aromatic carbocycles. The Morgan fingerprint density at radius 3 is 2.36 bits per heavy atom. The number of aliphatic hydroxyl groups is 1. The molecule has 3 fully saturated rings. The molecule has 3 aliphatic rings. The maximum atomic E-state index is 13.1. The zero-order valence-electron chi connectivity index (χ0n) is 18.9. The summed E-state index contributed by atoms with van der Waals surface area (Å²) in [6.45, 7) is 4.44. The first-order valence-corrected chi connectivity index (χ1v) is 13.4. The smallest absolute Gasteiger partial charge is 0.227 e. The van der Waals surface area contributed by atoms with E-state index in [1.807, 2.05) is 47.4 Å². The van der Waals surface area contributed by atoms with Crippen LogP contribution in [0.25, 0.3) is 0 Å². The predicted molar refractivity (Wildman–Crippen MR) is 125 cm³/mol. The summed E-state index contributed by atoms with van der Waals surface area (Å²) < 4.78 is 23.4. The predicted octanol–water partition coefficient (Wildman–Crippen LogP) is 1.16. The van der Waals surface area contributed by atoms with E-state index < -0.39 is 9.84 Å². The largest absolute Gasteiger partial charge is 0.392 e. The molecule has 3 saturated heterocycles. The number of sulfone groups is 1. The normalized spacial score (nSPS) is 25.1. The molecule has 2 aromatic rings. The number of rotatable bonds is 5. The molecule has 2 atom stereocenters. The molecule has 3 aliphatic heterocycles. The van der Waals surface area contributed by atoms with E-state index in [1.54, 1.807) is 12.1 Å². The van der Waals surface area contributed by atoms with Gasteiger partial charge in [0.05, 0.1) is 23.0 Å². The monoisotopic (exact) mass is 469 g/mol.